The Bertz CT molecular complexity index is 720. The van der Waals surface area contributed by atoms with E-state index in [0.29, 0.717) is 17.6 Å². The lowest BCUT2D eigenvalue weighted by atomic mass is 9.93. The van der Waals surface area contributed by atoms with Crippen molar-refractivity contribution in [2.24, 2.45) is 7.05 Å². The smallest absolute Gasteiger partial charge is 0.270 e. The normalized spacial score (nSPS) is 20.8. The van der Waals surface area contributed by atoms with Gasteiger partial charge >= 0.3 is 0 Å². The minimum Gasteiger partial charge on any atom is -0.381 e. The van der Waals surface area contributed by atoms with Gasteiger partial charge in [-0.25, -0.2) is 15.0 Å². The predicted octanol–water partition coefficient (Wildman–Crippen LogP) is 1.87. The van der Waals surface area contributed by atoms with E-state index in [1.54, 1.807) is 25.8 Å². The standard InChI is InChI=1S/C17H23N5O2/c1-11-8-19-16(14-9-18-10-22(14)2)21-15(11)17(23)20-12-4-6-13(24-3)7-5-12/h8-10,12-13H,4-7H2,1-3H3,(H,20,23)/t12-,13-. The van der Waals surface area contributed by atoms with Crippen molar-refractivity contribution in [3.8, 4) is 11.5 Å². The summed E-state index contributed by atoms with van der Waals surface area (Å²) in [6, 6.07) is 0.179. The molecule has 2 heterocycles. The number of aromatic nitrogens is 4. The Morgan fingerprint density at radius 2 is 2.04 bits per heavy atom. The van der Waals surface area contributed by atoms with Crippen LogP contribution in [-0.4, -0.2) is 44.7 Å². The van der Waals surface area contributed by atoms with Crippen molar-refractivity contribution in [2.75, 3.05) is 7.11 Å². The molecule has 1 aliphatic carbocycles. The van der Waals surface area contributed by atoms with Gasteiger partial charge in [-0.3, -0.25) is 4.79 Å². The first-order valence-electron chi connectivity index (χ1n) is 8.22. The van der Waals surface area contributed by atoms with Crippen LogP contribution in [0.25, 0.3) is 11.5 Å². The molecule has 0 spiro atoms. The number of hydrogen-bond donors (Lipinski definition) is 1. The molecular weight excluding hydrogens is 306 g/mol. The second-order valence-corrected chi connectivity index (χ2v) is 6.30. The van der Waals surface area contributed by atoms with Gasteiger partial charge in [-0.2, -0.15) is 0 Å². The van der Waals surface area contributed by atoms with E-state index < -0.39 is 0 Å². The van der Waals surface area contributed by atoms with Crippen molar-refractivity contribution in [3.63, 3.8) is 0 Å². The van der Waals surface area contributed by atoms with Crippen molar-refractivity contribution in [1.82, 2.24) is 24.8 Å². The number of rotatable bonds is 4. The molecule has 7 heteroatoms. The first-order chi connectivity index (χ1) is 11.6. The van der Waals surface area contributed by atoms with Gasteiger partial charge < -0.3 is 14.6 Å². The van der Waals surface area contributed by atoms with E-state index in [-0.39, 0.29) is 11.9 Å². The summed E-state index contributed by atoms with van der Waals surface area (Å²) < 4.78 is 7.21. The number of imidazole rings is 1. The zero-order chi connectivity index (χ0) is 17.1. The van der Waals surface area contributed by atoms with Gasteiger partial charge in [0.1, 0.15) is 11.4 Å². The average Bonchev–Trinajstić information content (AvgIpc) is 3.02. The van der Waals surface area contributed by atoms with Gasteiger partial charge in [0, 0.05) is 26.4 Å². The number of aryl methyl sites for hydroxylation is 2. The molecule has 0 aliphatic heterocycles. The molecule has 1 fully saturated rings. The van der Waals surface area contributed by atoms with Gasteiger partial charge in [-0.15, -0.1) is 0 Å². The molecule has 128 valence electrons. The SMILES string of the molecule is CO[C@H]1CC[C@H](NC(=O)c2nc(-c3cncn3C)ncc2C)CC1. The van der Waals surface area contributed by atoms with Crippen LogP contribution in [0.3, 0.4) is 0 Å². The van der Waals surface area contributed by atoms with Crippen molar-refractivity contribution < 1.29 is 9.53 Å². The lowest BCUT2D eigenvalue weighted by Gasteiger charge is -2.28. The Labute approximate surface area is 141 Å². The number of amides is 1. The second kappa shape index (κ2) is 7.09. The molecule has 1 saturated carbocycles. The predicted molar refractivity (Wildman–Crippen MR) is 89.5 cm³/mol. The first-order valence-corrected chi connectivity index (χ1v) is 8.22. The topological polar surface area (TPSA) is 81.9 Å². The molecule has 0 unspecified atom stereocenters. The van der Waals surface area contributed by atoms with Crippen molar-refractivity contribution in [2.45, 2.75) is 44.8 Å². The molecule has 1 aliphatic rings. The van der Waals surface area contributed by atoms with E-state index >= 15 is 0 Å². The van der Waals surface area contributed by atoms with Gasteiger partial charge in [0.2, 0.25) is 0 Å². The highest BCUT2D eigenvalue weighted by Crippen LogP contribution is 2.21. The lowest BCUT2D eigenvalue weighted by molar-refractivity contribution is 0.0598. The molecule has 1 amide bonds. The largest absolute Gasteiger partial charge is 0.381 e. The molecule has 0 radical (unpaired) electrons. The van der Waals surface area contributed by atoms with E-state index in [1.165, 1.54) is 0 Å². The minimum absolute atomic E-state index is 0.140. The molecule has 1 N–H and O–H groups in total. The highest BCUT2D eigenvalue weighted by molar-refractivity contribution is 5.94. The van der Waals surface area contributed by atoms with Crippen LogP contribution in [0.2, 0.25) is 0 Å². The number of methoxy groups -OCH3 is 1. The van der Waals surface area contributed by atoms with Crippen molar-refractivity contribution >= 4 is 5.91 Å². The lowest BCUT2D eigenvalue weighted by Crippen LogP contribution is -2.39. The van der Waals surface area contributed by atoms with E-state index in [4.69, 9.17) is 4.74 Å². The molecule has 3 rings (SSSR count). The fourth-order valence-electron chi connectivity index (χ4n) is 3.06. The monoisotopic (exact) mass is 329 g/mol. The van der Waals surface area contributed by atoms with Crippen molar-refractivity contribution in [1.29, 1.82) is 0 Å². The number of nitrogens with one attached hydrogen (secondary N) is 1. The molecular formula is C17H23N5O2. The maximum Gasteiger partial charge on any atom is 0.270 e. The van der Waals surface area contributed by atoms with Crippen LogP contribution >= 0.6 is 0 Å². The minimum atomic E-state index is -0.140. The van der Waals surface area contributed by atoms with Gasteiger partial charge in [0.15, 0.2) is 5.82 Å². The van der Waals surface area contributed by atoms with Gasteiger partial charge in [-0.05, 0) is 38.2 Å². The summed E-state index contributed by atoms with van der Waals surface area (Å²) >= 11 is 0. The summed E-state index contributed by atoms with van der Waals surface area (Å²) in [5, 5.41) is 3.10. The van der Waals surface area contributed by atoms with Crippen LogP contribution in [0.4, 0.5) is 0 Å². The van der Waals surface area contributed by atoms with Gasteiger partial charge in [0.05, 0.1) is 18.6 Å². The van der Waals surface area contributed by atoms with Gasteiger partial charge in [-0.1, -0.05) is 0 Å². The fraction of sp³-hybridized carbons (Fsp3) is 0.529. The summed E-state index contributed by atoms with van der Waals surface area (Å²) in [4.78, 5) is 25.5. The molecule has 2 aromatic rings. The number of nitrogens with zero attached hydrogens (tertiary/aromatic N) is 4. The average molecular weight is 329 g/mol. The highest BCUT2D eigenvalue weighted by Gasteiger charge is 2.24. The Morgan fingerprint density at radius 3 is 2.67 bits per heavy atom. The van der Waals surface area contributed by atoms with E-state index in [2.05, 4.69) is 20.3 Å². The molecule has 24 heavy (non-hydrogen) atoms. The fourth-order valence-corrected chi connectivity index (χ4v) is 3.06. The Kier molecular flexibility index (Phi) is 4.89. The maximum absolute atomic E-state index is 12.6. The quantitative estimate of drug-likeness (QED) is 0.926. The third kappa shape index (κ3) is 3.46. The van der Waals surface area contributed by atoms with Gasteiger partial charge in [0.25, 0.3) is 5.91 Å². The molecule has 0 saturated heterocycles. The molecule has 7 nitrogen and oxygen atoms in total. The van der Waals surface area contributed by atoms with Crippen LogP contribution in [0, 0.1) is 6.92 Å². The zero-order valence-corrected chi connectivity index (χ0v) is 14.3. The maximum atomic E-state index is 12.6. The summed E-state index contributed by atoms with van der Waals surface area (Å²) in [5.41, 5.74) is 1.98. The number of carbonyl (C=O) groups is 1. The van der Waals surface area contributed by atoms with Crippen LogP contribution < -0.4 is 5.32 Å². The Balaban J connectivity index is 1.74. The van der Waals surface area contributed by atoms with E-state index in [1.807, 2.05) is 18.5 Å². The summed E-state index contributed by atoms with van der Waals surface area (Å²) in [6.45, 7) is 1.85. The summed E-state index contributed by atoms with van der Waals surface area (Å²) in [6.07, 6.45) is 9.20. The molecule has 0 atom stereocenters. The summed E-state index contributed by atoms with van der Waals surface area (Å²) in [5.74, 6) is 0.369. The first kappa shape index (κ1) is 16.6. The van der Waals surface area contributed by atoms with E-state index in [0.717, 1.165) is 36.9 Å². The second-order valence-electron chi connectivity index (χ2n) is 6.30. The Hall–Kier alpha value is -2.28. The van der Waals surface area contributed by atoms with Crippen LogP contribution in [0.15, 0.2) is 18.7 Å². The summed E-state index contributed by atoms with van der Waals surface area (Å²) in [7, 11) is 3.62. The van der Waals surface area contributed by atoms with E-state index in [9.17, 15) is 4.79 Å². The van der Waals surface area contributed by atoms with Crippen LogP contribution in [-0.2, 0) is 11.8 Å². The Morgan fingerprint density at radius 1 is 1.29 bits per heavy atom. The zero-order valence-electron chi connectivity index (χ0n) is 14.3. The molecule has 0 aromatic carbocycles. The number of hydrogen-bond acceptors (Lipinski definition) is 5. The third-order valence-electron chi connectivity index (χ3n) is 4.58. The number of carbonyl (C=O) groups excluding carboxylic acids is 1. The third-order valence-corrected chi connectivity index (χ3v) is 4.58. The van der Waals surface area contributed by atoms with Crippen LogP contribution in [0.1, 0.15) is 41.7 Å². The number of ether oxygens (including phenoxy) is 1. The molecule has 2 aromatic heterocycles. The van der Waals surface area contributed by atoms with Crippen LogP contribution in [0.5, 0.6) is 0 Å². The van der Waals surface area contributed by atoms with Crippen molar-refractivity contribution in [3.05, 3.63) is 30.0 Å². The highest BCUT2D eigenvalue weighted by atomic mass is 16.5. The molecule has 0 bridgehead atoms.